The molecule has 0 bridgehead atoms. The molecule has 0 amide bonds. The van der Waals surface area contributed by atoms with Gasteiger partial charge in [-0.25, -0.2) is 19.3 Å². The quantitative estimate of drug-likeness (QED) is 0.388. The lowest BCUT2D eigenvalue weighted by molar-refractivity contribution is 0.117. The van der Waals surface area contributed by atoms with Gasteiger partial charge >= 0.3 is 0 Å². The summed E-state index contributed by atoms with van der Waals surface area (Å²) in [4.78, 5) is 13.4. The molecule has 0 spiro atoms. The van der Waals surface area contributed by atoms with Crippen LogP contribution in [0.2, 0.25) is 0 Å². The molecule has 8 nitrogen and oxygen atoms in total. The summed E-state index contributed by atoms with van der Waals surface area (Å²) in [5, 5.41) is 11.6. The SMILES string of the molecule is Cn1cc(-c2cc(O[C@H]3CNC[C@@H](F)C3)c3c(Nc4ccc5ncsc5c4)ncnc3c2)cn1. The number of alkyl halides is 1. The number of anilines is 2. The number of thiazole rings is 1. The third kappa shape index (κ3) is 4.06. The summed E-state index contributed by atoms with van der Waals surface area (Å²) < 4.78 is 23.3. The molecule has 4 heterocycles. The number of halogens is 1. The van der Waals surface area contributed by atoms with Gasteiger partial charge in [0.15, 0.2) is 0 Å². The van der Waals surface area contributed by atoms with E-state index in [-0.39, 0.29) is 6.10 Å². The number of ether oxygens (including phenoxy) is 1. The highest BCUT2D eigenvalue weighted by Crippen LogP contribution is 2.37. The molecule has 1 aliphatic rings. The van der Waals surface area contributed by atoms with Gasteiger partial charge in [-0.2, -0.15) is 5.10 Å². The minimum Gasteiger partial charge on any atom is -0.488 e. The number of aryl methyl sites for hydroxylation is 1. The van der Waals surface area contributed by atoms with E-state index < -0.39 is 6.17 Å². The van der Waals surface area contributed by atoms with E-state index in [2.05, 4.69) is 30.7 Å². The van der Waals surface area contributed by atoms with Crippen LogP contribution in [0.3, 0.4) is 0 Å². The summed E-state index contributed by atoms with van der Waals surface area (Å²) >= 11 is 1.58. The van der Waals surface area contributed by atoms with Crippen LogP contribution in [0.25, 0.3) is 32.2 Å². The fourth-order valence-corrected chi connectivity index (χ4v) is 4.99. The van der Waals surface area contributed by atoms with Crippen LogP contribution in [0.15, 0.2) is 54.6 Å². The molecule has 6 rings (SSSR count). The molecule has 2 aromatic carbocycles. The smallest absolute Gasteiger partial charge is 0.145 e. The van der Waals surface area contributed by atoms with Crippen molar-refractivity contribution in [3.63, 3.8) is 0 Å². The van der Waals surface area contributed by atoms with Crippen molar-refractivity contribution in [3.8, 4) is 16.9 Å². The molecule has 172 valence electrons. The molecule has 1 aliphatic heterocycles. The van der Waals surface area contributed by atoms with Crippen molar-refractivity contribution in [1.29, 1.82) is 0 Å². The molecule has 2 N–H and O–H groups in total. The number of benzene rings is 2. The Morgan fingerprint density at radius 1 is 1.12 bits per heavy atom. The lowest BCUT2D eigenvalue weighted by Crippen LogP contribution is -2.43. The Labute approximate surface area is 198 Å². The number of hydrogen-bond acceptors (Lipinski definition) is 8. The Kier molecular flexibility index (Phi) is 5.31. The number of nitrogens with one attached hydrogen (secondary N) is 2. The Bertz CT molecular complexity index is 1480. The Morgan fingerprint density at radius 3 is 2.91 bits per heavy atom. The van der Waals surface area contributed by atoms with Crippen LogP contribution in [0.5, 0.6) is 5.75 Å². The minimum absolute atomic E-state index is 0.294. The van der Waals surface area contributed by atoms with Gasteiger partial charge in [0, 0.05) is 44.0 Å². The zero-order chi connectivity index (χ0) is 23.1. The average molecular weight is 476 g/mol. The third-order valence-corrected chi connectivity index (χ3v) is 6.68. The van der Waals surface area contributed by atoms with Crippen LogP contribution in [0, 0.1) is 0 Å². The second-order valence-electron chi connectivity index (χ2n) is 8.38. The van der Waals surface area contributed by atoms with Gasteiger partial charge in [0.05, 0.1) is 32.8 Å². The Hall–Kier alpha value is -3.63. The fourth-order valence-electron chi connectivity index (χ4n) is 4.27. The molecule has 0 unspecified atom stereocenters. The van der Waals surface area contributed by atoms with E-state index in [4.69, 9.17) is 4.74 Å². The van der Waals surface area contributed by atoms with E-state index in [1.54, 1.807) is 22.2 Å². The lowest BCUT2D eigenvalue weighted by atomic mass is 10.0. The normalized spacial score (nSPS) is 18.4. The van der Waals surface area contributed by atoms with Crippen LogP contribution in [0.1, 0.15) is 6.42 Å². The number of fused-ring (bicyclic) bond motifs is 2. The second kappa shape index (κ2) is 8.62. The first-order valence-corrected chi connectivity index (χ1v) is 11.9. The highest BCUT2D eigenvalue weighted by atomic mass is 32.1. The van der Waals surface area contributed by atoms with E-state index in [0.717, 1.165) is 37.9 Å². The summed E-state index contributed by atoms with van der Waals surface area (Å²) in [6.07, 6.45) is 4.38. The van der Waals surface area contributed by atoms with Gasteiger partial charge in [-0.1, -0.05) is 0 Å². The average Bonchev–Trinajstić information content (AvgIpc) is 3.47. The van der Waals surface area contributed by atoms with Gasteiger partial charge in [-0.3, -0.25) is 4.68 Å². The van der Waals surface area contributed by atoms with Crippen molar-refractivity contribution in [2.24, 2.45) is 7.05 Å². The maximum Gasteiger partial charge on any atom is 0.145 e. The standard InChI is InChI=1S/C24H22FN7OS/c1-32-11-15(8-30-32)14-4-20-23(21(5-14)33-18-6-16(25)9-26-10-18)24(28-12-27-20)31-17-2-3-19-22(7-17)34-13-29-19/h2-5,7-8,11-13,16,18,26H,6,9-10H2,1H3,(H,27,28,31)/t16-,18+/m0/s1. The second-order valence-corrected chi connectivity index (χ2v) is 9.27. The number of hydrogen-bond donors (Lipinski definition) is 2. The Morgan fingerprint density at radius 2 is 2.06 bits per heavy atom. The molecule has 10 heteroatoms. The molecule has 0 saturated carbocycles. The molecular formula is C24H22FN7OS. The fraction of sp³-hybridized carbons (Fsp3) is 0.250. The van der Waals surface area contributed by atoms with Crippen molar-refractivity contribution in [3.05, 3.63) is 54.6 Å². The number of aromatic nitrogens is 5. The van der Waals surface area contributed by atoms with Gasteiger partial charge in [0.1, 0.15) is 30.2 Å². The number of rotatable bonds is 5. The highest BCUT2D eigenvalue weighted by molar-refractivity contribution is 7.16. The summed E-state index contributed by atoms with van der Waals surface area (Å²) in [5.41, 5.74) is 6.28. The summed E-state index contributed by atoms with van der Waals surface area (Å²) in [6, 6.07) is 9.95. The first-order valence-electron chi connectivity index (χ1n) is 11.0. The number of piperidine rings is 1. The van der Waals surface area contributed by atoms with E-state index >= 15 is 0 Å². The van der Waals surface area contributed by atoms with Crippen molar-refractivity contribution in [1.82, 2.24) is 30.0 Å². The van der Waals surface area contributed by atoms with Crippen molar-refractivity contribution in [2.75, 3.05) is 18.4 Å². The first-order chi connectivity index (χ1) is 16.6. The predicted molar refractivity (Wildman–Crippen MR) is 131 cm³/mol. The van der Waals surface area contributed by atoms with Gasteiger partial charge in [-0.05, 0) is 35.9 Å². The van der Waals surface area contributed by atoms with E-state index in [9.17, 15) is 4.39 Å². The monoisotopic (exact) mass is 475 g/mol. The maximum absolute atomic E-state index is 14.1. The molecule has 3 aromatic heterocycles. The van der Waals surface area contributed by atoms with Gasteiger partial charge < -0.3 is 15.4 Å². The highest BCUT2D eigenvalue weighted by Gasteiger charge is 2.24. The zero-order valence-corrected chi connectivity index (χ0v) is 19.2. The molecule has 5 aromatic rings. The Balaban J connectivity index is 1.45. The van der Waals surface area contributed by atoms with Crippen LogP contribution >= 0.6 is 11.3 Å². The largest absolute Gasteiger partial charge is 0.488 e. The molecule has 0 radical (unpaired) electrons. The van der Waals surface area contributed by atoms with Crippen molar-refractivity contribution < 1.29 is 9.13 Å². The zero-order valence-electron chi connectivity index (χ0n) is 18.4. The van der Waals surface area contributed by atoms with Gasteiger partial charge in [-0.15, -0.1) is 11.3 Å². The lowest BCUT2D eigenvalue weighted by Gasteiger charge is -2.27. The topological polar surface area (TPSA) is 89.8 Å². The molecule has 1 fully saturated rings. The van der Waals surface area contributed by atoms with Gasteiger partial charge in [0.25, 0.3) is 0 Å². The molecule has 1 saturated heterocycles. The predicted octanol–water partition coefficient (Wildman–Crippen LogP) is 4.46. The third-order valence-electron chi connectivity index (χ3n) is 5.88. The minimum atomic E-state index is -0.938. The molecule has 0 aliphatic carbocycles. The molecule has 34 heavy (non-hydrogen) atoms. The molecule has 2 atom stereocenters. The maximum atomic E-state index is 14.1. The van der Waals surface area contributed by atoms with Crippen LogP contribution < -0.4 is 15.4 Å². The van der Waals surface area contributed by atoms with Crippen LogP contribution in [-0.2, 0) is 7.05 Å². The van der Waals surface area contributed by atoms with E-state index in [1.807, 2.05) is 49.1 Å². The van der Waals surface area contributed by atoms with E-state index in [1.165, 1.54) is 6.33 Å². The summed E-state index contributed by atoms with van der Waals surface area (Å²) in [6.45, 7) is 0.934. The summed E-state index contributed by atoms with van der Waals surface area (Å²) in [5.74, 6) is 1.24. The van der Waals surface area contributed by atoms with Gasteiger partial charge in [0.2, 0.25) is 0 Å². The van der Waals surface area contributed by atoms with Crippen molar-refractivity contribution >= 4 is 44.0 Å². The summed E-state index contributed by atoms with van der Waals surface area (Å²) in [7, 11) is 1.88. The van der Waals surface area contributed by atoms with Crippen LogP contribution in [-0.4, -0.2) is 50.1 Å². The van der Waals surface area contributed by atoms with E-state index in [0.29, 0.717) is 31.1 Å². The number of nitrogens with zero attached hydrogens (tertiary/aromatic N) is 5. The molecular weight excluding hydrogens is 453 g/mol. The van der Waals surface area contributed by atoms with Crippen molar-refractivity contribution in [2.45, 2.75) is 18.7 Å². The first kappa shape index (κ1) is 20.9. The van der Waals surface area contributed by atoms with Crippen LogP contribution in [0.4, 0.5) is 15.9 Å².